The van der Waals surface area contributed by atoms with Crippen molar-refractivity contribution in [2.75, 3.05) is 11.1 Å². The van der Waals surface area contributed by atoms with E-state index in [-0.39, 0.29) is 17.3 Å². The molecule has 0 radical (unpaired) electrons. The lowest BCUT2D eigenvalue weighted by Gasteiger charge is -2.08. The van der Waals surface area contributed by atoms with Crippen molar-refractivity contribution in [2.45, 2.75) is 18.7 Å². The van der Waals surface area contributed by atoms with Gasteiger partial charge in [0.2, 0.25) is 5.91 Å². The quantitative estimate of drug-likeness (QED) is 0.817. The van der Waals surface area contributed by atoms with E-state index < -0.39 is 5.82 Å². The Hall–Kier alpha value is -1.52. The van der Waals surface area contributed by atoms with Gasteiger partial charge in [0, 0.05) is 9.92 Å². The first-order chi connectivity index (χ1) is 9.95. The topological polar surface area (TPSA) is 29.1 Å². The zero-order valence-corrected chi connectivity index (χ0v) is 13.3. The molecule has 110 valence electrons. The number of hydrogen-bond donors (Lipinski definition) is 1. The van der Waals surface area contributed by atoms with Crippen molar-refractivity contribution in [3.05, 3.63) is 58.4 Å². The van der Waals surface area contributed by atoms with E-state index in [0.29, 0.717) is 5.02 Å². The molecule has 0 saturated carbocycles. The summed E-state index contributed by atoms with van der Waals surface area (Å²) in [6.45, 7) is 4.07. The van der Waals surface area contributed by atoms with Gasteiger partial charge < -0.3 is 5.32 Å². The fourth-order valence-corrected chi connectivity index (χ4v) is 2.70. The van der Waals surface area contributed by atoms with Gasteiger partial charge in [-0.15, -0.1) is 11.8 Å². The average molecular weight is 324 g/mol. The molecule has 2 rings (SSSR count). The van der Waals surface area contributed by atoms with E-state index in [1.807, 2.05) is 32.0 Å². The summed E-state index contributed by atoms with van der Waals surface area (Å²) in [6.07, 6.45) is 0. The van der Waals surface area contributed by atoms with Gasteiger partial charge in [-0.2, -0.15) is 0 Å². The Bertz CT molecular complexity index is 675. The number of halogens is 2. The van der Waals surface area contributed by atoms with E-state index in [4.69, 9.17) is 11.6 Å². The number of nitrogens with one attached hydrogen (secondary N) is 1. The number of benzene rings is 2. The molecular weight excluding hydrogens is 309 g/mol. The molecule has 0 heterocycles. The maximum atomic E-state index is 13.5. The van der Waals surface area contributed by atoms with Gasteiger partial charge in [-0.25, -0.2) is 4.39 Å². The summed E-state index contributed by atoms with van der Waals surface area (Å²) in [5, 5.41) is 2.91. The zero-order valence-electron chi connectivity index (χ0n) is 11.7. The van der Waals surface area contributed by atoms with Crippen LogP contribution in [-0.2, 0) is 4.79 Å². The summed E-state index contributed by atoms with van der Waals surface area (Å²) in [4.78, 5) is 12.9. The van der Waals surface area contributed by atoms with Crippen LogP contribution in [0.25, 0.3) is 0 Å². The van der Waals surface area contributed by atoms with Gasteiger partial charge in [0.05, 0.1) is 11.4 Å². The van der Waals surface area contributed by atoms with E-state index in [2.05, 4.69) is 5.32 Å². The first-order valence-corrected chi connectivity index (χ1v) is 7.77. The van der Waals surface area contributed by atoms with Crippen molar-refractivity contribution >= 4 is 35.0 Å². The van der Waals surface area contributed by atoms with Crippen LogP contribution in [0.15, 0.2) is 41.3 Å². The lowest BCUT2D eigenvalue weighted by atomic mass is 10.1. The molecule has 0 bridgehead atoms. The van der Waals surface area contributed by atoms with Crippen LogP contribution in [0.5, 0.6) is 0 Å². The van der Waals surface area contributed by atoms with Crippen LogP contribution in [0.2, 0.25) is 5.02 Å². The molecule has 2 nitrogen and oxygen atoms in total. The second-order valence-electron chi connectivity index (χ2n) is 4.71. The highest BCUT2D eigenvalue weighted by Gasteiger charge is 2.08. The van der Waals surface area contributed by atoms with Gasteiger partial charge in [-0.1, -0.05) is 17.7 Å². The number of anilines is 1. The first kappa shape index (κ1) is 15.9. The molecule has 1 N–H and O–H groups in total. The first-order valence-electron chi connectivity index (χ1n) is 6.40. The molecule has 21 heavy (non-hydrogen) atoms. The SMILES string of the molecule is Cc1ccc(SCC(=O)Nc2cc(Cl)ccc2F)cc1C. The van der Waals surface area contributed by atoms with Crippen LogP contribution in [-0.4, -0.2) is 11.7 Å². The van der Waals surface area contributed by atoms with Gasteiger partial charge >= 0.3 is 0 Å². The molecule has 2 aromatic rings. The Morgan fingerprint density at radius 1 is 1.19 bits per heavy atom. The molecule has 0 aliphatic carbocycles. The number of hydrogen-bond acceptors (Lipinski definition) is 2. The number of rotatable bonds is 4. The molecule has 0 fully saturated rings. The Balaban J connectivity index is 1.95. The van der Waals surface area contributed by atoms with Gasteiger partial charge in [0.1, 0.15) is 5.82 Å². The molecule has 0 spiro atoms. The minimum Gasteiger partial charge on any atom is -0.323 e. The van der Waals surface area contributed by atoms with Crippen molar-refractivity contribution in [1.29, 1.82) is 0 Å². The third-order valence-corrected chi connectivity index (χ3v) is 4.28. The number of amides is 1. The van der Waals surface area contributed by atoms with Crippen LogP contribution in [0.3, 0.4) is 0 Å². The fourth-order valence-electron chi connectivity index (χ4n) is 1.73. The fraction of sp³-hybridized carbons (Fsp3) is 0.188. The highest BCUT2D eigenvalue weighted by molar-refractivity contribution is 8.00. The average Bonchev–Trinajstić information content (AvgIpc) is 2.44. The number of carbonyl (C=O) groups excluding carboxylic acids is 1. The van der Waals surface area contributed by atoms with Crippen molar-refractivity contribution in [3.63, 3.8) is 0 Å². The molecule has 0 atom stereocenters. The Labute approximate surface area is 132 Å². The normalized spacial score (nSPS) is 10.5. The lowest BCUT2D eigenvalue weighted by Crippen LogP contribution is -2.15. The zero-order chi connectivity index (χ0) is 15.4. The molecule has 0 aliphatic heterocycles. The summed E-state index contributed by atoms with van der Waals surface area (Å²) >= 11 is 7.20. The molecule has 0 saturated heterocycles. The largest absolute Gasteiger partial charge is 0.323 e. The Kier molecular flexibility index (Phi) is 5.26. The summed E-state index contributed by atoms with van der Waals surface area (Å²) in [5.41, 5.74) is 2.50. The van der Waals surface area contributed by atoms with Crippen molar-refractivity contribution in [2.24, 2.45) is 0 Å². The van der Waals surface area contributed by atoms with Crippen molar-refractivity contribution < 1.29 is 9.18 Å². The third-order valence-electron chi connectivity index (χ3n) is 3.05. The molecular formula is C16H15ClFNOS. The monoisotopic (exact) mass is 323 g/mol. The maximum Gasteiger partial charge on any atom is 0.234 e. The van der Waals surface area contributed by atoms with Crippen LogP contribution in [0.1, 0.15) is 11.1 Å². The molecule has 1 amide bonds. The standard InChI is InChI=1S/C16H15ClFNOS/c1-10-3-5-13(7-11(10)2)21-9-16(20)19-15-8-12(17)4-6-14(15)18/h3-8H,9H2,1-2H3,(H,19,20). The summed E-state index contributed by atoms with van der Waals surface area (Å²) in [6, 6.07) is 10.1. The molecule has 0 aliphatic rings. The summed E-state index contributed by atoms with van der Waals surface area (Å²) in [7, 11) is 0. The predicted molar refractivity (Wildman–Crippen MR) is 86.7 cm³/mol. The van der Waals surface area contributed by atoms with Gasteiger partial charge in [0.15, 0.2) is 0 Å². The van der Waals surface area contributed by atoms with E-state index in [0.717, 1.165) is 4.90 Å². The van der Waals surface area contributed by atoms with Crippen LogP contribution in [0, 0.1) is 19.7 Å². The molecule has 2 aromatic carbocycles. The second-order valence-corrected chi connectivity index (χ2v) is 6.19. The van der Waals surface area contributed by atoms with Crippen molar-refractivity contribution in [3.8, 4) is 0 Å². The van der Waals surface area contributed by atoms with E-state index in [1.165, 1.54) is 41.1 Å². The highest BCUT2D eigenvalue weighted by Crippen LogP contribution is 2.23. The van der Waals surface area contributed by atoms with Crippen LogP contribution >= 0.6 is 23.4 Å². The summed E-state index contributed by atoms with van der Waals surface area (Å²) < 4.78 is 13.5. The van der Waals surface area contributed by atoms with Crippen LogP contribution in [0.4, 0.5) is 10.1 Å². The van der Waals surface area contributed by atoms with Crippen molar-refractivity contribution in [1.82, 2.24) is 0 Å². The third kappa shape index (κ3) is 4.48. The van der Waals surface area contributed by atoms with Gasteiger partial charge in [0.25, 0.3) is 0 Å². The van der Waals surface area contributed by atoms with Gasteiger partial charge in [-0.3, -0.25) is 4.79 Å². The molecule has 0 aromatic heterocycles. The highest BCUT2D eigenvalue weighted by atomic mass is 35.5. The second kappa shape index (κ2) is 6.96. The smallest absolute Gasteiger partial charge is 0.234 e. The minimum atomic E-state index is -0.496. The maximum absolute atomic E-state index is 13.5. The number of aryl methyl sites for hydroxylation is 2. The minimum absolute atomic E-state index is 0.105. The van der Waals surface area contributed by atoms with Crippen LogP contribution < -0.4 is 5.32 Å². The summed E-state index contributed by atoms with van der Waals surface area (Å²) in [5.74, 6) is -0.544. The molecule has 5 heteroatoms. The van der Waals surface area contributed by atoms with E-state index >= 15 is 0 Å². The Morgan fingerprint density at radius 2 is 1.95 bits per heavy atom. The van der Waals surface area contributed by atoms with E-state index in [9.17, 15) is 9.18 Å². The molecule has 0 unspecified atom stereocenters. The number of carbonyl (C=O) groups is 1. The predicted octanol–water partition coefficient (Wildman–Crippen LogP) is 4.83. The number of thioether (sulfide) groups is 1. The lowest BCUT2D eigenvalue weighted by molar-refractivity contribution is -0.113. The van der Waals surface area contributed by atoms with Gasteiger partial charge in [-0.05, 0) is 55.3 Å². The van der Waals surface area contributed by atoms with E-state index in [1.54, 1.807) is 0 Å². The Morgan fingerprint density at radius 3 is 2.67 bits per heavy atom.